The van der Waals surface area contributed by atoms with E-state index in [-0.39, 0.29) is 17.3 Å². The van der Waals surface area contributed by atoms with E-state index in [0.717, 1.165) is 0 Å². The van der Waals surface area contributed by atoms with Crippen LogP contribution in [0.25, 0.3) is 11.3 Å². The Kier molecular flexibility index (Phi) is 9.07. The van der Waals surface area contributed by atoms with Gasteiger partial charge in [-0.1, -0.05) is 17.7 Å². The molecule has 0 saturated carbocycles. The molecule has 0 bridgehead atoms. The predicted octanol–water partition coefficient (Wildman–Crippen LogP) is 2.07. The van der Waals surface area contributed by atoms with Crippen molar-refractivity contribution in [1.29, 1.82) is 0 Å². The van der Waals surface area contributed by atoms with Crippen molar-refractivity contribution in [3.05, 3.63) is 65.6 Å². The first-order valence-electron chi connectivity index (χ1n) is 10.6. The van der Waals surface area contributed by atoms with Gasteiger partial charge in [0.1, 0.15) is 42.2 Å². The van der Waals surface area contributed by atoms with Crippen molar-refractivity contribution in [2.45, 2.75) is 24.4 Å². The van der Waals surface area contributed by atoms with Gasteiger partial charge in [0.15, 0.2) is 0 Å². The summed E-state index contributed by atoms with van der Waals surface area (Å²) in [6, 6.07) is 12.2. The van der Waals surface area contributed by atoms with Gasteiger partial charge in [0, 0.05) is 30.1 Å². The number of nitrogen functional groups attached to an aromatic ring is 1. The molecule has 0 fully saturated rings. The van der Waals surface area contributed by atoms with Crippen molar-refractivity contribution >= 4 is 23.0 Å². The summed E-state index contributed by atoms with van der Waals surface area (Å²) in [5.41, 5.74) is 7.46. The molecule has 11 heteroatoms. The highest BCUT2D eigenvalue weighted by Crippen LogP contribution is 2.34. The molecule has 4 atom stereocenters. The van der Waals surface area contributed by atoms with Gasteiger partial charge in [0.25, 0.3) is 0 Å². The molecule has 1 heterocycles. The molecule has 0 unspecified atom stereocenters. The number of hydrogen-bond donors (Lipinski definition) is 6. The number of rotatable bonds is 11. The number of hydrogen-bond acceptors (Lipinski definition) is 9. The minimum absolute atomic E-state index is 0.149. The fraction of sp³-hybridized carbons (Fsp3) is 0.292. The second-order valence-corrected chi connectivity index (χ2v) is 8.18. The Morgan fingerprint density at radius 2 is 1.77 bits per heavy atom. The SMILES string of the molecule is COc1cc(OC[C@@H](O)[C@@H](O)[C@H](O)[C@H](O)CNc2cc(F)cc(-c3ccccn3)c2)c(Cl)cc1N. The topological polar surface area (TPSA) is 150 Å². The van der Waals surface area contributed by atoms with E-state index in [1.54, 1.807) is 30.5 Å². The molecule has 0 aliphatic rings. The summed E-state index contributed by atoms with van der Waals surface area (Å²) in [6.45, 7) is -0.680. The number of ether oxygens (including phenoxy) is 2. The molecule has 2 aromatic carbocycles. The summed E-state index contributed by atoms with van der Waals surface area (Å²) in [5.74, 6) is -0.0590. The first kappa shape index (κ1) is 26.5. The van der Waals surface area contributed by atoms with E-state index in [9.17, 15) is 24.8 Å². The predicted molar refractivity (Wildman–Crippen MR) is 130 cm³/mol. The highest BCUT2D eigenvalue weighted by Gasteiger charge is 2.31. The van der Waals surface area contributed by atoms with Crippen LogP contribution in [0.15, 0.2) is 54.7 Å². The van der Waals surface area contributed by atoms with Crippen molar-refractivity contribution in [2.75, 3.05) is 31.3 Å². The Hall–Kier alpha value is -3.15. The molecule has 9 nitrogen and oxygen atoms in total. The molecule has 188 valence electrons. The minimum atomic E-state index is -1.75. The van der Waals surface area contributed by atoms with Crippen molar-refractivity contribution in [3.8, 4) is 22.8 Å². The van der Waals surface area contributed by atoms with E-state index < -0.39 is 36.8 Å². The van der Waals surface area contributed by atoms with E-state index in [0.29, 0.717) is 28.4 Å². The van der Waals surface area contributed by atoms with Crippen LogP contribution in [-0.4, -0.2) is 70.1 Å². The summed E-state index contributed by atoms with van der Waals surface area (Å²) in [5, 5.41) is 44.1. The number of halogens is 2. The van der Waals surface area contributed by atoms with Crippen molar-refractivity contribution in [3.63, 3.8) is 0 Å². The molecular weight excluding hydrogens is 481 g/mol. The van der Waals surface area contributed by atoms with Gasteiger partial charge in [-0.2, -0.15) is 0 Å². The summed E-state index contributed by atoms with van der Waals surface area (Å²) in [4.78, 5) is 4.18. The molecule has 0 amide bonds. The first-order valence-corrected chi connectivity index (χ1v) is 11.0. The van der Waals surface area contributed by atoms with Gasteiger partial charge >= 0.3 is 0 Å². The fourth-order valence-corrected chi connectivity index (χ4v) is 3.51. The van der Waals surface area contributed by atoms with Crippen molar-refractivity contribution in [2.24, 2.45) is 0 Å². The van der Waals surface area contributed by atoms with Crippen LogP contribution in [0, 0.1) is 5.82 Å². The number of pyridine rings is 1. The van der Waals surface area contributed by atoms with Crippen LogP contribution in [-0.2, 0) is 0 Å². The number of nitrogens with two attached hydrogens (primary N) is 1. The Morgan fingerprint density at radius 1 is 1.03 bits per heavy atom. The van der Waals surface area contributed by atoms with Crippen LogP contribution >= 0.6 is 11.6 Å². The van der Waals surface area contributed by atoms with Gasteiger partial charge in [0.2, 0.25) is 0 Å². The van der Waals surface area contributed by atoms with Gasteiger partial charge in [-0.3, -0.25) is 4.98 Å². The molecule has 3 rings (SSSR count). The Morgan fingerprint density at radius 3 is 2.46 bits per heavy atom. The molecule has 0 saturated heterocycles. The average molecular weight is 508 g/mol. The largest absolute Gasteiger partial charge is 0.494 e. The average Bonchev–Trinajstić information content (AvgIpc) is 2.85. The lowest BCUT2D eigenvalue weighted by molar-refractivity contribution is -0.109. The number of nitrogens with zero attached hydrogens (tertiary/aromatic N) is 1. The summed E-state index contributed by atoms with van der Waals surface area (Å²) in [6.07, 6.45) is -4.97. The quantitative estimate of drug-likeness (QED) is 0.214. The number of anilines is 2. The molecule has 1 aromatic heterocycles. The number of aromatic nitrogens is 1. The number of nitrogens with one attached hydrogen (secondary N) is 1. The van der Waals surface area contributed by atoms with Gasteiger partial charge in [-0.15, -0.1) is 0 Å². The minimum Gasteiger partial charge on any atom is -0.494 e. The monoisotopic (exact) mass is 507 g/mol. The zero-order valence-corrected chi connectivity index (χ0v) is 19.6. The third-order valence-corrected chi connectivity index (χ3v) is 5.50. The third-order valence-electron chi connectivity index (χ3n) is 5.21. The van der Waals surface area contributed by atoms with Gasteiger partial charge in [-0.05, 0) is 36.4 Å². The zero-order valence-electron chi connectivity index (χ0n) is 18.8. The van der Waals surface area contributed by atoms with E-state index in [2.05, 4.69) is 10.3 Å². The lowest BCUT2D eigenvalue weighted by Gasteiger charge is -2.27. The van der Waals surface area contributed by atoms with Crippen LogP contribution in [0.3, 0.4) is 0 Å². The van der Waals surface area contributed by atoms with E-state index in [1.807, 2.05) is 0 Å². The van der Waals surface area contributed by atoms with Crippen LogP contribution < -0.4 is 20.5 Å². The molecular formula is C24H27ClFN3O6. The van der Waals surface area contributed by atoms with Crippen LogP contribution in [0.5, 0.6) is 11.5 Å². The van der Waals surface area contributed by atoms with E-state index >= 15 is 0 Å². The van der Waals surface area contributed by atoms with Gasteiger partial charge in [-0.25, -0.2) is 4.39 Å². The lowest BCUT2D eigenvalue weighted by Crippen LogP contribution is -2.48. The molecule has 0 radical (unpaired) electrons. The molecule has 0 aliphatic carbocycles. The van der Waals surface area contributed by atoms with E-state index in [1.165, 1.54) is 31.4 Å². The van der Waals surface area contributed by atoms with Crippen LogP contribution in [0.4, 0.5) is 15.8 Å². The van der Waals surface area contributed by atoms with Crippen LogP contribution in [0.2, 0.25) is 5.02 Å². The number of aliphatic hydroxyl groups is 4. The molecule has 0 aliphatic heterocycles. The maximum absolute atomic E-state index is 14.1. The van der Waals surface area contributed by atoms with Crippen LogP contribution in [0.1, 0.15) is 0 Å². The molecule has 0 spiro atoms. The normalized spacial score (nSPS) is 14.6. The maximum Gasteiger partial charge on any atom is 0.145 e. The van der Waals surface area contributed by atoms with E-state index in [4.69, 9.17) is 26.8 Å². The fourth-order valence-electron chi connectivity index (χ4n) is 3.28. The smallest absolute Gasteiger partial charge is 0.145 e. The number of benzene rings is 2. The standard InChI is InChI=1S/C24H27ClFN3O6/c1-34-22-10-21(16(25)9-17(22)27)35-12-20(31)24(33)23(32)19(30)11-29-15-7-13(6-14(26)8-15)18-4-2-3-5-28-18/h2-10,19-20,23-24,29-33H,11-12,27H2,1H3/t19-,20-,23-,24-/m1/s1. The first-order chi connectivity index (χ1) is 16.7. The second kappa shape index (κ2) is 12.0. The lowest BCUT2D eigenvalue weighted by atomic mass is 10.0. The summed E-state index contributed by atoms with van der Waals surface area (Å²) in [7, 11) is 1.41. The van der Waals surface area contributed by atoms with Gasteiger partial charge < -0.3 is 41.0 Å². The second-order valence-electron chi connectivity index (χ2n) is 7.78. The summed E-state index contributed by atoms with van der Waals surface area (Å²) < 4.78 is 24.6. The maximum atomic E-state index is 14.1. The molecule has 3 aromatic rings. The highest BCUT2D eigenvalue weighted by atomic mass is 35.5. The Balaban J connectivity index is 1.56. The zero-order chi connectivity index (χ0) is 25.5. The third kappa shape index (κ3) is 6.93. The molecule has 35 heavy (non-hydrogen) atoms. The van der Waals surface area contributed by atoms with Gasteiger partial charge in [0.05, 0.1) is 29.6 Å². The van der Waals surface area contributed by atoms with Crippen molar-refractivity contribution in [1.82, 2.24) is 4.98 Å². The highest BCUT2D eigenvalue weighted by molar-refractivity contribution is 6.32. The summed E-state index contributed by atoms with van der Waals surface area (Å²) >= 11 is 6.06. The number of aliphatic hydroxyl groups excluding tert-OH is 4. The Bertz CT molecular complexity index is 1120. The Labute approximate surface area is 206 Å². The number of methoxy groups -OCH3 is 1. The molecule has 7 N–H and O–H groups in total. The van der Waals surface area contributed by atoms with Crippen molar-refractivity contribution < 1.29 is 34.3 Å².